The molecule has 1 rings (SSSR count). The fourth-order valence-electron chi connectivity index (χ4n) is 1.39. The first-order valence-corrected chi connectivity index (χ1v) is 5.44. The van der Waals surface area contributed by atoms with E-state index in [1.54, 1.807) is 14.0 Å². The molecule has 0 spiro atoms. The molecule has 0 aromatic carbocycles. The highest BCUT2D eigenvalue weighted by molar-refractivity contribution is 5.98. The maximum absolute atomic E-state index is 12.0. The molecule has 1 heterocycles. The molecule has 16 heavy (non-hydrogen) atoms. The first-order valence-electron chi connectivity index (χ1n) is 5.44. The number of carbonyl (C=O) groups excluding carboxylic acids is 1. The highest BCUT2D eigenvalue weighted by Crippen LogP contribution is 2.15. The van der Waals surface area contributed by atoms with Gasteiger partial charge in [0.05, 0.1) is 11.4 Å². The Balaban J connectivity index is 2.89. The standard InChI is InChI=1S/C11H20N4O/c1-6(2)7(3)13-11(16)10-9(12)8(4)14-15(10)5/h6-7H,12H2,1-5H3,(H,13,16). The van der Waals surface area contributed by atoms with E-state index >= 15 is 0 Å². The Hall–Kier alpha value is -1.52. The minimum Gasteiger partial charge on any atom is -0.395 e. The summed E-state index contributed by atoms with van der Waals surface area (Å²) in [5, 5.41) is 7.03. The molecule has 3 N–H and O–H groups in total. The topological polar surface area (TPSA) is 72.9 Å². The average molecular weight is 224 g/mol. The molecular weight excluding hydrogens is 204 g/mol. The van der Waals surface area contributed by atoms with Gasteiger partial charge in [0.2, 0.25) is 0 Å². The largest absolute Gasteiger partial charge is 0.395 e. The third-order valence-corrected chi connectivity index (χ3v) is 2.84. The Morgan fingerprint density at radius 1 is 1.44 bits per heavy atom. The van der Waals surface area contributed by atoms with E-state index in [9.17, 15) is 4.79 Å². The summed E-state index contributed by atoms with van der Waals surface area (Å²) in [6.45, 7) is 7.88. The van der Waals surface area contributed by atoms with Crippen LogP contribution in [0.3, 0.4) is 0 Å². The fraction of sp³-hybridized carbons (Fsp3) is 0.636. The predicted molar refractivity (Wildman–Crippen MR) is 64.1 cm³/mol. The average Bonchev–Trinajstić information content (AvgIpc) is 2.40. The molecule has 5 nitrogen and oxygen atoms in total. The Bertz CT molecular complexity index is 395. The lowest BCUT2D eigenvalue weighted by Crippen LogP contribution is -2.37. The van der Waals surface area contributed by atoms with E-state index in [1.165, 1.54) is 4.68 Å². The van der Waals surface area contributed by atoms with Crippen molar-refractivity contribution in [2.45, 2.75) is 33.7 Å². The van der Waals surface area contributed by atoms with Gasteiger partial charge in [-0.05, 0) is 19.8 Å². The summed E-state index contributed by atoms with van der Waals surface area (Å²) in [6, 6.07) is 0.113. The quantitative estimate of drug-likeness (QED) is 0.807. The number of nitrogens with two attached hydrogens (primary N) is 1. The maximum atomic E-state index is 12.0. The number of carbonyl (C=O) groups is 1. The smallest absolute Gasteiger partial charge is 0.271 e. The maximum Gasteiger partial charge on any atom is 0.271 e. The highest BCUT2D eigenvalue weighted by Gasteiger charge is 2.20. The van der Waals surface area contributed by atoms with Crippen molar-refractivity contribution in [3.63, 3.8) is 0 Å². The first kappa shape index (κ1) is 12.5. The van der Waals surface area contributed by atoms with Crippen molar-refractivity contribution in [2.24, 2.45) is 13.0 Å². The molecule has 0 bridgehead atoms. The monoisotopic (exact) mass is 224 g/mol. The second-order valence-electron chi connectivity index (χ2n) is 4.48. The van der Waals surface area contributed by atoms with Gasteiger partial charge in [-0.15, -0.1) is 0 Å². The lowest BCUT2D eigenvalue weighted by molar-refractivity contribution is 0.0922. The molecule has 0 aliphatic carbocycles. The van der Waals surface area contributed by atoms with Gasteiger partial charge in [0.25, 0.3) is 5.91 Å². The highest BCUT2D eigenvalue weighted by atomic mass is 16.2. The summed E-state index contributed by atoms with van der Waals surface area (Å²) in [4.78, 5) is 12.0. The van der Waals surface area contributed by atoms with Gasteiger partial charge in [-0.3, -0.25) is 9.48 Å². The Morgan fingerprint density at radius 2 is 2.00 bits per heavy atom. The van der Waals surface area contributed by atoms with E-state index in [0.29, 0.717) is 23.0 Å². The van der Waals surface area contributed by atoms with Crippen LogP contribution < -0.4 is 11.1 Å². The van der Waals surface area contributed by atoms with E-state index in [0.717, 1.165) is 0 Å². The van der Waals surface area contributed by atoms with Crippen LogP contribution in [0, 0.1) is 12.8 Å². The van der Waals surface area contributed by atoms with Crippen LogP contribution >= 0.6 is 0 Å². The molecule has 1 aromatic rings. The number of anilines is 1. The van der Waals surface area contributed by atoms with Crippen molar-refractivity contribution < 1.29 is 4.79 Å². The van der Waals surface area contributed by atoms with Gasteiger partial charge in [0, 0.05) is 13.1 Å². The van der Waals surface area contributed by atoms with Crippen molar-refractivity contribution in [3.8, 4) is 0 Å². The second kappa shape index (κ2) is 4.55. The SMILES string of the molecule is Cc1nn(C)c(C(=O)NC(C)C(C)C)c1N. The molecule has 0 saturated heterocycles. The molecule has 0 saturated carbocycles. The molecule has 90 valence electrons. The van der Waals surface area contributed by atoms with Crippen molar-refractivity contribution in [2.75, 3.05) is 5.73 Å². The minimum absolute atomic E-state index is 0.113. The number of aryl methyl sites for hydroxylation is 2. The van der Waals surface area contributed by atoms with Crippen molar-refractivity contribution in [1.82, 2.24) is 15.1 Å². The number of nitrogen functional groups attached to an aromatic ring is 1. The summed E-state index contributed by atoms with van der Waals surface area (Å²) in [5.74, 6) is 0.223. The summed E-state index contributed by atoms with van der Waals surface area (Å²) in [7, 11) is 1.72. The van der Waals surface area contributed by atoms with Crippen LogP contribution in [0.15, 0.2) is 0 Å². The Kier molecular flexibility index (Phi) is 3.57. The summed E-state index contributed by atoms with van der Waals surface area (Å²) in [5.41, 5.74) is 7.39. The van der Waals surface area contributed by atoms with E-state index in [4.69, 9.17) is 5.73 Å². The number of aromatic nitrogens is 2. The lowest BCUT2D eigenvalue weighted by atomic mass is 10.1. The van der Waals surface area contributed by atoms with E-state index < -0.39 is 0 Å². The van der Waals surface area contributed by atoms with E-state index in [-0.39, 0.29) is 11.9 Å². The van der Waals surface area contributed by atoms with Crippen LogP contribution in [0.1, 0.15) is 37.0 Å². The zero-order valence-corrected chi connectivity index (χ0v) is 10.5. The molecular formula is C11H20N4O. The minimum atomic E-state index is -0.165. The number of nitrogens with zero attached hydrogens (tertiary/aromatic N) is 2. The number of amides is 1. The van der Waals surface area contributed by atoms with Crippen LogP contribution in [0.25, 0.3) is 0 Å². The van der Waals surface area contributed by atoms with Crippen molar-refractivity contribution in [3.05, 3.63) is 11.4 Å². The summed E-state index contributed by atoms with van der Waals surface area (Å²) in [6.07, 6.45) is 0. The zero-order chi connectivity index (χ0) is 12.5. The molecule has 0 aliphatic rings. The third kappa shape index (κ3) is 2.35. The second-order valence-corrected chi connectivity index (χ2v) is 4.48. The first-order chi connectivity index (χ1) is 7.34. The Morgan fingerprint density at radius 3 is 2.38 bits per heavy atom. The van der Waals surface area contributed by atoms with Gasteiger partial charge in [-0.2, -0.15) is 5.10 Å². The number of hydrogen-bond acceptors (Lipinski definition) is 3. The van der Waals surface area contributed by atoms with Crippen LogP contribution in [-0.2, 0) is 7.05 Å². The van der Waals surface area contributed by atoms with Crippen LogP contribution in [0.2, 0.25) is 0 Å². The van der Waals surface area contributed by atoms with Crippen molar-refractivity contribution in [1.29, 1.82) is 0 Å². The summed E-state index contributed by atoms with van der Waals surface area (Å²) >= 11 is 0. The summed E-state index contributed by atoms with van der Waals surface area (Å²) < 4.78 is 1.52. The molecule has 0 radical (unpaired) electrons. The van der Waals surface area contributed by atoms with Crippen LogP contribution in [0.5, 0.6) is 0 Å². The third-order valence-electron chi connectivity index (χ3n) is 2.84. The van der Waals surface area contributed by atoms with Gasteiger partial charge in [-0.25, -0.2) is 0 Å². The van der Waals surface area contributed by atoms with Crippen molar-refractivity contribution >= 4 is 11.6 Å². The van der Waals surface area contributed by atoms with Gasteiger partial charge >= 0.3 is 0 Å². The van der Waals surface area contributed by atoms with Gasteiger partial charge in [0.15, 0.2) is 0 Å². The van der Waals surface area contributed by atoms with Gasteiger partial charge in [0.1, 0.15) is 5.69 Å². The normalized spacial score (nSPS) is 12.9. The van der Waals surface area contributed by atoms with Gasteiger partial charge < -0.3 is 11.1 Å². The zero-order valence-electron chi connectivity index (χ0n) is 10.5. The Labute approximate surface area is 96.0 Å². The lowest BCUT2D eigenvalue weighted by Gasteiger charge is -2.17. The fourth-order valence-corrected chi connectivity index (χ4v) is 1.39. The molecule has 0 aliphatic heterocycles. The molecule has 5 heteroatoms. The predicted octanol–water partition coefficient (Wildman–Crippen LogP) is 1.09. The number of rotatable bonds is 3. The molecule has 1 amide bonds. The molecule has 1 atom stereocenters. The van der Waals surface area contributed by atoms with Crippen LogP contribution in [-0.4, -0.2) is 21.7 Å². The number of nitrogens with one attached hydrogen (secondary N) is 1. The van der Waals surface area contributed by atoms with Gasteiger partial charge in [-0.1, -0.05) is 13.8 Å². The molecule has 0 fully saturated rings. The molecule has 1 aromatic heterocycles. The molecule has 1 unspecified atom stereocenters. The van der Waals surface area contributed by atoms with Crippen LogP contribution in [0.4, 0.5) is 5.69 Å². The van der Waals surface area contributed by atoms with E-state index in [1.807, 2.05) is 6.92 Å². The van der Waals surface area contributed by atoms with E-state index in [2.05, 4.69) is 24.3 Å². The number of hydrogen-bond donors (Lipinski definition) is 2.